The van der Waals surface area contributed by atoms with Crippen LogP contribution in [0.4, 0.5) is 5.82 Å². The molecule has 0 unspecified atom stereocenters. The van der Waals surface area contributed by atoms with Crippen LogP contribution in [0.2, 0.25) is 0 Å². The highest BCUT2D eigenvalue weighted by Crippen LogP contribution is 2.22. The highest BCUT2D eigenvalue weighted by atomic mass is 16.5. The van der Waals surface area contributed by atoms with E-state index in [0.29, 0.717) is 18.2 Å². The number of likely N-dealkylation sites (tertiary alicyclic amines) is 1. The Morgan fingerprint density at radius 3 is 2.79 bits per heavy atom. The van der Waals surface area contributed by atoms with Crippen LogP contribution < -0.4 is 5.73 Å². The molecule has 1 saturated heterocycles. The predicted molar refractivity (Wildman–Crippen MR) is 73.3 cm³/mol. The molecule has 1 aliphatic rings. The molecule has 0 spiro atoms. The lowest BCUT2D eigenvalue weighted by atomic mass is 9.93. The quantitative estimate of drug-likeness (QED) is 0.832. The van der Waals surface area contributed by atoms with Crippen molar-refractivity contribution in [1.82, 2.24) is 9.88 Å². The number of nitrogens with zero attached hydrogens (tertiary/aromatic N) is 2. The van der Waals surface area contributed by atoms with E-state index in [4.69, 9.17) is 10.5 Å². The molecular formula is C14H21N3O2. The van der Waals surface area contributed by atoms with Gasteiger partial charge in [-0.25, -0.2) is 4.98 Å². The van der Waals surface area contributed by atoms with Crippen LogP contribution in [0, 0.1) is 5.92 Å². The summed E-state index contributed by atoms with van der Waals surface area (Å²) in [6, 6.07) is 3.85. The zero-order chi connectivity index (χ0) is 13.7. The summed E-state index contributed by atoms with van der Waals surface area (Å²) < 4.78 is 4.71. The second kappa shape index (κ2) is 6.52. The summed E-state index contributed by atoms with van der Waals surface area (Å²) in [5.74, 6) is 0.926. The minimum atomic E-state index is -0.0961. The molecule has 0 bridgehead atoms. The fraction of sp³-hybridized carbons (Fsp3) is 0.571. The number of pyridine rings is 1. The van der Waals surface area contributed by atoms with Gasteiger partial charge in [0.15, 0.2) is 0 Å². The minimum absolute atomic E-state index is 0.0961. The molecule has 2 N–H and O–H groups in total. The van der Waals surface area contributed by atoms with Crippen molar-refractivity contribution in [1.29, 1.82) is 0 Å². The van der Waals surface area contributed by atoms with Crippen molar-refractivity contribution < 1.29 is 9.53 Å². The summed E-state index contributed by atoms with van der Waals surface area (Å²) in [4.78, 5) is 17.7. The maximum absolute atomic E-state index is 11.2. The highest BCUT2D eigenvalue weighted by molar-refractivity contribution is 5.69. The number of nitrogens with two attached hydrogens (primary N) is 1. The van der Waals surface area contributed by atoms with Gasteiger partial charge in [-0.15, -0.1) is 0 Å². The van der Waals surface area contributed by atoms with Crippen molar-refractivity contribution >= 4 is 11.8 Å². The number of nitrogen functional groups attached to an aromatic ring is 1. The summed E-state index contributed by atoms with van der Waals surface area (Å²) in [7, 11) is 1.45. The number of piperidine rings is 1. The SMILES string of the molecule is COC(=O)CC1CCN(Cc2ccc(N)nc2)CC1. The first-order valence-electron chi connectivity index (χ1n) is 6.67. The standard InChI is InChI=1S/C14H21N3O2/c1-19-14(18)8-11-4-6-17(7-5-11)10-12-2-3-13(15)16-9-12/h2-3,9,11H,4-8,10H2,1H3,(H2,15,16). The van der Waals surface area contributed by atoms with Gasteiger partial charge in [0.25, 0.3) is 0 Å². The molecule has 0 aromatic carbocycles. The van der Waals surface area contributed by atoms with Crippen LogP contribution in [0.3, 0.4) is 0 Å². The number of carbonyl (C=O) groups excluding carboxylic acids is 1. The molecule has 5 heteroatoms. The first kappa shape index (κ1) is 13.8. The molecule has 1 aromatic rings. The number of carbonyl (C=O) groups is 1. The fourth-order valence-corrected chi connectivity index (χ4v) is 2.46. The molecule has 19 heavy (non-hydrogen) atoms. The molecule has 0 amide bonds. The van der Waals surface area contributed by atoms with Crippen LogP contribution in [0.1, 0.15) is 24.8 Å². The van der Waals surface area contributed by atoms with E-state index in [0.717, 1.165) is 32.5 Å². The zero-order valence-corrected chi connectivity index (χ0v) is 11.3. The molecule has 0 saturated carbocycles. The highest BCUT2D eigenvalue weighted by Gasteiger charge is 2.21. The normalized spacial score (nSPS) is 17.3. The molecule has 0 radical (unpaired) electrons. The number of methoxy groups -OCH3 is 1. The third-order valence-electron chi connectivity index (χ3n) is 3.64. The summed E-state index contributed by atoms with van der Waals surface area (Å²) in [6.07, 6.45) is 4.48. The molecule has 104 valence electrons. The first-order valence-corrected chi connectivity index (χ1v) is 6.67. The van der Waals surface area contributed by atoms with E-state index in [1.165, 1.54) is 12.7 Å². The molecular weight excluding hydrogens is 242 g/mol. The Labute approximate surface area is 113 Å². The maximum Gasteiger partial charge on any atom is 0.305 e. The predicted octanol–water partition coefficient (Wildman–Crippen LogP) is 1.44. The van der Waals surface area contributed by atoms with Gasteiger partial charge in [-0.2, -0.15) is 0 Å². The average molecular weight is 263 g/mol. The summed E-state index contributed by atoms with van der Waals surface area (Å²) in [5.41, 5.74) is 6.75. The zero-order valence-electron chi connectivity index (χ0n) is 11.3. The van der Waals surface area contributed by atoms with Crippen molar-refractivity contribution in [3.63, 3.8) is 0 Å². The third kappa shape index (κ3) is 4.21. The minimum Gasteiger partial charge on any atom is -0.469 e. The van der Waals surface area contributed by atoms with Crippen LogP contribution in [0.15, 0.2) is 18.3 Å². The van der Waals surface area contributed by atoms with Gasteiger partial charge in [0, 0.05) is 19.2 Å². The molecule has 0 aliphatic carbocycles. The molecule has 2 rings (SSSR count). The van der Waals surface area contributed by atoms with Crippen molar-refractivity contribution in [3.8, 4) is 0 Å². The largest absolute Gasteiger partial charge is 0.469 e. The Morgan fingerprint density at radius 1 is 1.47 bits per heavy atom. The van der Waals surface area contributed by atoms with Gasteiger partial charge >= 0.3 is 5.97 Å². The van der Waals surface area contributed by atoms with Crippen LogP contribution in [-0.2, 0) is 16.1 Å². The van der Waals surface area contributed by atoms with Crippen LogP contribution >= 0.6 is 0 Å². The molecule has 1 aliphatic heterocycles. The molecule has 2 heterocycles. The van der Waals surface area contributed by atoms with Crippen molar-refractivity contribution in [2.24, 2.45) is 5.92 Å². The van der Waals surface area contributed by atoms with Crippen molar-refractivity contribution in [2.45, 2.75) is 25.8 Å². The van der Waals surface area contributed by atoms with Gasteiger partial charge in [-0.05, 0) is 43.5 Å². The van der Waals surface area contributed by atoms with Gasteiger partial charge in [-0.1, -0.05) is 6.07 Å². The Kier molecular flexibility index (Phi) is 4.74. The second-order valence-corrected chi connectivity index (χ2v) is 5.09. The van der Waals surface area contributed by atoms with E-state index < -0.39 is 0 Å². The van der Waals surface area contributed by atoms with Gasteiger partial charge < -0.3 is 10.5 Å². The topological polar surface area (TPSA) is 68.5 Å². The number of esters is 1. The lowest BCUT2D eigenvalue weighted by molar-refractivity contribution is -0.142. The Balaban J connectivity index is 1.77. The van der Waals surface area contributed by atoms with E-state index in [9.17, 15) is 4.79 Å². The molecule has 5 nitrogen and oxygen atoms in total. The first-order chi connectivity index (χ1) is 9.17. The average Bonchev–Trinajstić information content (AvgIpc) is 2.43. The molecule has 0 atom stereocenters. The van der Waals surface area contributed by atoms with Crippen LogP contribution in [0.5, 0.6) is 0 Å². The van der Waals surface area contributed by atoms with E-state index >= 15 is 0 Å². The second-order valence-electron chi connectivity index (χ2n) is 5.09. The fourth-order valence-electron chi connectivity index (χ4n) is 2.46. The van der Waals surface area contributed by atoms with E-state index in [1.807, 2.05) is 18.3 Å². The maximum atomic E-state index is 11.2. The summed E-state index contributed by atoms with van der Waals surface area (Å²) in [5, 5.41) is 0. The van der Waals surface area contributed by atoms with Gasteiger partial charge in [0.2, 0.25) is 0 Å². The Bertz CT molecular complexity index is 411. The number of hydrogen-bond acceptors (Lipinski definition) is 5. The summed E-state index contributed by atoms with van der Waals surface area (Å²) in [6.45, 7) is 2.94. The van der Waals surface area contributed by atoms with Crippen LogP contribution in [0.25, 0.3) is 0 Å². The van der Waals surface area contributed by atoms with Gasteiger partial charge in [0.1, 0.15) is 5.82 Å². The smallest absolute Gasteiger partial charge is 0.305 e. The number of rotatable bonds is 4. The van der Waals surface area contributed by atoms with Crippen molar-refractivity contribution in [3.05, 3.63) is 23.9 Å². The number of hydrogen-bond donors (Lipinski definition) is 1. The molecule has 1 aromatic heterocycles. The number of ether oxygens (including phenoxy) is 1. The Morgan fingerprint density at radius 2 is 2.21 bits per heavy atom. The molecule has 1 fully saturated rings. The van der Waals surface area contributed by atoms with Crippen molar-refractivity contribution in [2.75, 3.05) is 25.9 Å². The van der Waals surface area contributed by atoms with Gasteiger partial charge in [-0.3, -0.25) is 9.69 Å². The Hall–Kier alpha value is -1.62. The van der Waals surface area contributed by atoms with E-state index in [-0.39, 0.29) is 5.97 Å². The monoisotopic (exact) mass is 263 g/mol. The lowest BCUT2D eigenvalue weighted by Gasteiger charge is -2.31. The van der Waals surface area contributed by atoms with Crippen LogP contribution in [-0.4, -0.2) is 36.1 Å². The number of aromatic nitrogens is 1. The van der Waals surface area contributed by atoms with Gasteiger partial charge in [0.05, 0.1) is 7.11 Å². The summed E-state index contributed by atoms with van der Waals surface area (Å²) >= 11 is 0. The third-order valence-corrected chi connectivity index (χ3v) is 3.64. The lowest BCUT2D eigenvalue weighted by Crippen LogP contribution is -2.34. The number of anilines is 1. The van der Waals surface area contributed by atoms with E-state index in [2.05, 4.69) is 9.88 Å². The van der Waals surface area contributed by atoms with E-state index in [1.54, 1.807) is 0 Å².